The van der Waals surface area contributed by atoms with Gasteiger partial charge in [0.25, 0.3) is 5.91 Å². The van der Waals surface area contributed by atoms with E-state index in [1.165, 1.54) is 0 Å². The summed E-state index contributed by atoms with van der Waals surface area (Å²) in [5, 5.41) is 4.43. The predicted octanol–water partition coefficient (Wildman–Crippen LogP) is 6.64. The molecule has 1 saturated heterocycles. The maximum atomic E-state index is 13.0. The van der Waals surface area contributed by atoms with Crippen LogP contribution in [0.3, 0.4) is 0 Å². The number of urea groups is 1. The Balaban J connectivity index is 1.36. The summed E-state index contributed by atoms with van der Waals surface area (Å²) in [6.07, 6.45) is -10.0. The van der Waals surface area contributed by atoms with Gasteiger partial charge in [-0.2, -0.15) is 26.3 Å². The number of halogens is 6. The average molecular weight is 551 g/mol. The number of carbonyl (C=O) groups is 2. The van der Waals surface area contributed by atoms with Gasteiger partial charge in [0.05, 0.1) is 11.1 Å². The van der Waals surface area contributed by atoms with Gasteiger partial charge in [-0.25, -0.2) is 4.79 Å². The second-order valence-electron chi connectivity index (χ2n) is 9.01. The minimum Gasteiger partial charge on any atom is -0.368 e. The zero-order chi connectivity index (χ0) is 28.4. The van der Waals surface area contributed by atoms with Gasteiger partial charge in [0.2, 0.25) is 0 Å². The van der Waals surface area contributed by atoms with E-state index in [4.69, 9.17) is 0 Å². The minimum atomic E-state index is -5.02. The van der Waals surface area contributed by atoms with Gasteiger partial charge >= 0.3 is 18.4 Å². The Labute approximate surface area is 220 Å². The predicted molar refractivity (Wildman–Crippen MR) is 135 cm³/mol. The van der Waals surface area contributed by atoms with Crippen molar-refractivity contribution in [2.45, 2.75) is 19.3 Å². The molecule has 39 heavy (non-hydrogen) atoms. The maximum Gasteiger partial charge on any atom is 0.416 e. The lowest BCUT2D eigenvalue weighted by Gasteiger charge is -2.36. The van der Waals surface area contributed by atoms with Crippen LogP contribution in [0, 0.1) is 6.92 Å². The van der Waals surface area contributed by atoms with Gasteiger partial charge in [-0.05, 0) is 61.0 Å². The van der Waals surface area contributed by atoms with E-state index in [0.717, 1.165) is 11.3 Å². The number of rotatable bonds is 4. The van der Waals surface area contributed by atoms with Crippen LogP contribution in [0.2, 0.25) is 0 Å². The Morgan fingerprint density at radius 2 is 1.26 bits per heavy atom. The fraction of sp³-hybridized carbons (Fsp3) is 0.259. The van der Waals surface area contributed by atoms with Crippen molar-refractivity contribution in [2.24, 2.45) is 0 Å². The number of amides is 3. The van der Waals surface area contributed by atoms with Crippen LogP contribution < -0.4 is 15.5 Å². The van der Waals surface area contributed by atoms with Crippen LogP contribution in [0.25, 0.3) is 0 Å². The Morgan fingerprint density at radius 1 is 0.718 bits per heavy atom. The fourth-order valence-electron chi connectivity index (χ4n) is 4.23. The molecule has 1 aliphatic rings. The smallest absolute Gasteiger partial charge is 0.368 e. The van der Waals surface area contributed by atoms with Crippen molar-refractivity contribution in [3.8, 4) is 0 Å². The molecule has 1 heterocycles. The molecule has 3 aromatic carbocycles. The monoisotopic (exact) mass is 550 g/mol. The first-order chi connectivity index (χ1) is 18.3. The number of nitrogens with one attached hydrogen (secondary N) is 2. The van der Waals surface area contributed by atoms with Crippen molar-refractivity contribution in [1.82, 2.24) is 4.90 Å². The van der Waals surface area contributed by atoms with E-state index < -0.39 is 35.2 Å². The van der Waals surface area contributed by atoms with Gasteiger partial charge < -0.3 is 20.4 Å². The standard InChI is InChI=1S/C27H24F6N4O2/c1-17-4-2-3-5-23(17)24(38)37-12-10-36(11-13-37)22-8-6-20(7-9-22)34-25(39)35-21-15-18(26(28,29)30)14-19(16-21)27(31,32)33/h2-9,14-16H,10-13H2,1H3,(H2,34,35,39). The van der Waals surface area contributed by atoms with Crippen molar-refractivity contribution in [3.05, 3.63) is 89.0 Å². The molecule has 1 fully saturated rings. The van der Waals surface area contributed by atoms with Gasteiger partial charge in [-0.1, -0.05) is 18.2 Å². The molecule has 0 spiro atoms. The van der Waals surface area contributed by atoms with Crippen molar-refractivity contribution in [2.75, 3.05) is 41.7 Å². The van der Waals surface area contributed by atoms with Crippen LogP contribution in [0.5, 0.6) is 0 Å². The molecule has 0 bridgehead atoms. The third-order valence-electron chi connectivity index (χ3n) is 6.28. The van der Waals surface area contributed by atoms with Crippen LogP contribution in [-0.2, 0) is 12.4 Å². The third-order valence-corrected chi connectivity index (χ3v) is 6.28. The number of hydrogen-bond donors (Lipinski definition) is 2. The van der Waals surface area contributed by atoms with E-state index in [0.29, 0.717) is 43.9 Å². The summed E-state index contributed by atoms with van der Waals surface area (Å²) in [7, 11) is 0. The number of aryl methyl sites for hydroxylation is 1. The summed E-state index contributed by atoms with van der Waals surface area (Å²) >= 11 is 0. The summed E-state index contributed by atoms with van der Waals surface area (Å²) in [4.78, 5) is 29.0. The number of anilines is 3. The summed E-state index contributed by atoms with van der Waals surface area (Å²) in [5.74, 6) is -0.0264. The molecule has 0 radical (unpaired) electrons. The minimum absolute atomic E-state index is 0.0137. The number of nitrogens with zero attached hydrogens (tertiary/aromatic N) is 2. The van der Waals surface area contributed by atoms with Gasteiger partial charge in [-0.15, -0.1) is 0 Å². The molecule has 0 aromatic heterocycles. The first-order valence-corrected chi connectivity index (χ1v) is 11.9. The van der Waals surface area contributed by atoms with Crippen LogP contribution in [0.15, 0.2) is 66.7 Å². The van der Waals surface area contributed by atoms with Gasteiger partial charge in [0, 0.05) is 48.8 Å². The Hall–Kier alpha value is -4.22. The molecular formula is C27H24F6N4O2. The fourth-order valence-corrected chi connectivity index (χ4v) is 4.23. The molecule has 0 atom stereocenters. The molecule has 6 nitrogen and oxygen atoms in total. The molecule has 2 N–H and O–H groups in total. The highest BCUT2D eigenvalue weighted by Gasteiger charge is 2.37. The van der Waals surface area contributed by atoms with E-state index in [9.17, 15) is 35.9 Å². The molecule has 0 aliphatic carbocycles. The average Bonchev–Trinajstić information content (AvgIpc) is 2.88. The van der Waals surface area contributed by atoms with Crippen molar-refractivity contribution in [1.29, 1.82) is 0 Å². The highest BCUT2D eigenvalue weighted by molar-refractivity contribution is 6.00. The van der Waals surface area contributed by atoms with Crippen LogP contribution in [0.4, 0.5) is 48.2 Å². The second-order valence-corrected chi connectivity index (χ2v) is 9.01. The van der Waals surface area contributed by atoms with E-state index in [1.54, 1.807) is 35.2 Å². The van der Waals surface area contributed by atoms with Crippen LogP contribution >= 0.6 is 0 Å². The zero-order valence-electron chi connectivity index (χ0n) is 20.7. The Morgan fingerprint density at radius 3 is 1.79 bits per heavy atom. The summed E-state index contributed by atoms with van der Waals surface area (Å²) in [6.45, 7) is 4.10. The Kier molecular flexibility index (Phi) is 7.75. The third kappa shape index (κ3) is 6.81. The van der Waals surface area contributed by atoms with Gasteiger partial charge in [0.1, 0.15) is 0 Å². The molecule has 4 rings (SSSR count). The normalized spacial score (nSPS) is 14.2. The summed E-state index contributed by atoms with van der Waals surface area (Å²) < 4.78 is 78.3. The second kappa shape index (κ2) is 10.9. The lowest BCUT2D eigenvalue weighted by Crippen LogP contribution is -2.48. The zero-order valence-corrected chi connectivity index (χ0v) is 20.7. The largest absolute Gasteiger partial charge is 0.416 e. The summed E-state index contributed by atoms with van der Waals surface area (Å²) in [6, 6.07) is 13.8. The molecule has 0 unspecified atom stereocenters. The number of carbonyl (C=O) groups excluding carboxylic acids is 2. The van der Waals surface area contributed by atoms with Crippen LogP contribution in [-0.4, -0.2) is 43.0 Å². The molecular weight excluding hydrogens is 526 g/mol. The number of hydrogen-bond acceptors (Lipinski definition) is 3. The van der Waals surface area contributed by atoms with Crippen LogP contribution in [0.1, 0.15) is 27.0 Å². The van der Waals surface area contributed by atoms with E-state index in [-0.39, 0.29) is 17.7 Å². The molecule has 0 saturated carbocycles. The highest BCUT2D eigenvalue weighted by atomic mass is 19.4. The van der Waals surface area contributed by atoms with Gasteiger partial charge in [-0.3, -0.25) is 4.79 Å². The molecule has 12 heteroatoms. The van der Waals surface area contributed by atoms with Crippen molar-refractivity contribution < 1.29 is 35.9 Å². The summed E-state index contributed by atoms with van der Waals surface area (Å²) in [5.41, 5.74) is -1.02. The number of benzene rings is 3. The number of piperazine rings is 1. The quantitative estimate of drug-likeness (QED) is 0.358. The first kappa shape index (κ1) is 27.8. The van der Waals surface area contributed by atoms with Crippen molar-refractivity contribution >= 4 is 29.0 Å². The lowest BCUT2D eigenvalue weighted by molar-refractivity contribution is -0.143. The SMILES string of the molecule is Cc1ccccc1C(=O)N1CCN(c2ccc(NC(=O)Nc3cc(C(F)(F)F)cc(C(F)(F)F)c3)cc2)CC1. The molecule has 3 amide bonds. The highest BCUT2D eigenvalue weighted by Crippen LogP contribution is 2.37. The molecule has 206 valence electrons. The molecule has 3 aromatic rings. The molecule has 1 aliphatic heterocycles. The number of alkyl halides is 6. The van der Waals surface area contributed by atoms with Gasteiger partial charge in [0.15, 0.2) is 0 Å². The topological polar surface area (TPSA) is 64.7 Å². The Bertz CT molecular complexity index is 1320. The van der Waals surface area contributed by atoms with E-state index in [2.05, 4.69) is 10.2 Å². The van der Waals surface area contributed by atoms with Crippen molar-refractivity contribution in [3.63, 3.8) is 0 Å². The lowest BCUT2D eigenvalue weighted by atomic mass is 10.1. The van der Waals surface area contributed by atoms with E-state index in [1.807, 2.05) is 30.4 Å². The first-order valence-electron chi connectivity index (χ1n) is 11.9. The van der Waals surface area contributed by atoms with E-state index >= 15 is 0 Å². The maximum absolute atomic E-state index is 13.0.